The van der Waals surface area contributed by atoms with Crippen LogP contribution in [-0.2, 0) is 0 Å². The van der Waals surface area contributed by atoms with Crippen molar-refractivity contribution in [3.63, 3.8) is 0 Å². The topological polar surface area (TPSA) is 92.9 Å². The van der Waals surface area contributed by atoms with Crippen molar-refractivity contribution in [3.8, 4) is 5.69 Å². The van der Waals surface area contributed by atoms with Gasteiger partial charge in [-0.3, -0.25) is 9.78 Å². The molecule has 0 saturated carbocycles. The lowest BCUT2D eigenvalue weighted by molar-refractivity contribution is 0.102. The van der Waals surface area contributed by atoms with E-state index < -0.39 is 23.3 Å². The van der Waals surface area contributed by atoms with Crippen LogP contribution in [0.5, 0.6) is 0 Å². The highest BCUT2D eigenvalue weighted by Crippen LogP contribution is 2.20. The molecule has 0 radical (unpaired) electrons. The Balaban J connectivity index is 1.64. The molecule has 27 heavy (non-hydrogen) atoms. The molecule has 0 aliphatic heterocycles. The second kappa shape index (κ2) is 6.20. The van der Waals surface area contributed by atoms with Crippen LogP contribution in [0.3, 0.4) is 0 Å². The molecule has 1 amide bonds. The Bertz CT molecular complexity index is 1240. The number of amides is 1. The molecule has 4 aromatic rings. The van der Waals surface area contributed by atoms with E-state index in [4.69, 9.17) is 4.42 Å². The average molecular weight is 370 g/mol. The fraction of sp³-hybridized carbons (Fsp3) is 0.0556. The summed E-state index contributed by atoms with van der Waals surface area (Å²) in [6.07, 6.45) is 1.30. The quantitative estimate of drug-likeness (QED) is 0.579. The fourth-order valence-corrected chi connectivity index (χ4v) is 2.76. The predicted molar refractivity (Wildman–Crippen MR) is 93.0 cm³/mol. The van der Waals surface area contributed by atoms with Crippen molar-refractivity contribution in [2.45, 2.75) is 6.92 Å². The van der Waals surface area contributed by atoms with Crippen LogP contribution < -0.4 is 11.1 Å². The monoisotopic (exact) mass is 370 g/mol. The first-order valence-corrected chi connectivity index (χ1v) is 7.86. The van der Waals surface area contributed by atoms with Crippen molar-refractivity contribution in [1.29, 1.82) is 0 Å². The summed E-state index contributed by atoms with van der Waals surface area (Å²) in [5.41, 5.74) is 1.89. The molecule has 0 unspecified atom stereocenters. The molecule has 2 heterocycles. The van der Waals surface area contributed by atoms with Gasteiger partial charge in [0.1, 0.15) is 11.5 Å². The summed E-state index contributed by atoms with van der Waals surface area (Å²) in [4.78, 5) is 26.2. The van der Waals surface area contributed by atoms with E-state index in [9.17, 15) is 18.4 Å². The van der Waals surface area contributed by atoms with Gasteiger partial charge in [0.15, 0.2) is 11.4 Å². The first kappa shape index (κ1) is 16.7. The smallest absolute Gasteiger partial charge is 0.408 e. The number of carbonyl (C=O) groups excluding carboxylic acids is 1. The molecule has 0 fully saturated rings. The van der Waals surface area contributed by atoms with Gasteiger partial charge < -0.3 is 9.73 Å². The Morgan fingerprint density at radius 1 is 1.22 bits per heavy atom. The lowest BCUT2D eigenvalue weighted by atomic mass is 10.2. The molecule has 0 aliphatic carbocycles. The van der Waals surface area contributed by atoms with Gasteiger partial charge in [-0.1, -0.05) is 0 Å². The second-order valence-electron chi connectivity index (χ2n) is 5.83. The summed E-state index contributed by atoms with van der Waals surface area (Å²) < 4.78 is 33.2. The van der Waals surface area contributed by atoms with E-state index in [1.54, 1.807) is 25.1 Å². The molecule has 0 bridgehead atoms. The third-order valence-corrected chi connectivity index (χ3v) is 4.07. The Morgan fingerprint density at radius 3 is 2.81 bits per heavy atom. The summed E-state index contributed by atoms with van der Waals surface area (Å²) in [5, 5.41) is 6.70. The van der Waals surface area contributed by atoms with Gasteiger partial charge in [0, 0.05) is 11.8 Å². The summed E-state index contributed by atoms with van der Waals surface area (Å²) in [6.45, 7) is 1.60. The van der Waals surface area contributed by atoms with Gasteiger partial charge in [0.05, 0.1) is 23.0 Å². The molecule has 7 nitrogen and oxygen atoms in total. The Hall–Kier alpha value is -3.75. The van der Waals surface area contributed by atoms with Gasteiger partial charge in [-0.15, -0.1) is 0 Å². The number of anilines is 1. The Labute approximate surface area is 150 Å². The molecule has 4 rings (SSSR count). The summed E-state index contributed by atoms with van der Waals surface area (Å²) >= 11 is 0. The molecule has 0 atom stereocenters. The zero-order valence-corrected chi connectivity index (χ0v) is 13.9. The maximum Gasteiger partial charge on any atom is 0.417 e. The lowest BCUT2D eigenvalue weighted by Crippen LogP contribution is -2.13. The largest absolute Gasteiger partial charge is 0.417 e. The number of hydrogen-bond acceptors (Lipinski definition) is 4. The predicted octanol–water partition coefficient (Wildman–Crippen LogP) is 3.15. The summed E-state index contributed by atoms with van der Waals surface area (Å²) in [6, 6.07) is 7.79. The average Bonchev–Trinajstić information content (AvgIpc) is 3.16. The number of H-pyrrole nitrogens is 1. The molecule has 2 aromatic heterocycles. The molecule has 9 heteroatoms. The lowest BCUT2D eigenvalue weighted by Gasteiger charge is -2.07. The summed E-state index contributed by atoms with van der Waals surface area (Å²) in [7, 11) is 0. The van der Waals surface area contributed by atoms with Crippen LogP contribution in [0.1, 0.15) is 16.1 Å². The third-order valence-electron chi connectivity index (χ3n) is 4.07. The molecule has 0 saturated heterocycles. The van der Waals surface area contributed by atoms with Crippen LogP contribution in [0.15, 0.2) is 51.8 Å². The number of halogens is 2. The Kier molecular flexibility index (Phi) is 3.84. The van der Waals surface area contributed by atoms with Crippen molar-refractivity contribution in [1.82, 2.24) is 14.8 Å². The van der Waals surface area contributed by atoms with Gasteiger partial charge in [-0.25, -0.2) is 18.3 Å². The normalized spacial score (nSPS) is 11.1. The number of aromatic amines is 1. The minimum atomic E-state index is -0.789. The molecular formula is C18H12F2N4O3. The highest BCUT2D eigenvalue weighted by molar-refractivity contribution is 6.05. The Morgan fingerprint density at radius 2 is 2.04 bits per heavy atom. The highest BCUT2D eigenvalue weighted by Gasteiger charge is 2.18. The number of aromatic nitrogens is 3. The number of oxazole rings is 1. The van der Waals surface area contributed by atoms with E-state index in [1.165, 1.54) is 16.9 Å². The van der Waals surface area contributed by atoms with E-state index in [2.05, 4.69) is 15.4 Å². The third kappa shape index (κ3) is 2.99. The second-order valence-corrected chi connectivity index (χ2v) is 5.83. The maximum absolute atomic E-state index is 14.0. The van der Waals surface area contributed by atoms with E-state index in [0.29, 0.717) is 22.5 Å². The van der Waals surface area contributed by atoms with Crippen molar-refractivity contribution in [2.24, 2.45) is 0 Å². The number of hydrogen-bond donors (Lipinski definition) is 2. The van der Waals surface area contributed by atoms with Crippen molar-refractivity contribution >= 4 is 22.7 Å². The zero-order chi connectivity index (χ0) is 19.1. The van der Waals surface area contributed by atoms with Crippen molar-refractivity contribution < 1.29 is 18.0 Å². The van der Waals surface area contributed by atoms with Gasteiger partial charge in [0.25, 0.3) is 5.91 Å². The van der Waals surface area contributed by atoms with Crippen molar-refractivity contribution in [2.75, 3.05) is 5.32 Å². The van der Waals surface area contributed by atoms with E-state index in [-0.39, 0.29) is 11.3 Å². The molecule has 2 N–H and O–H groups in total. The number of fused-ring (bicyclic) bond motifs is 1. The molecule has 0 spiro atoms. The zero-order valence-electron chi connectivity index (χ0n) is 13.9. The van der Waals surface area contributed by atoms with Crippen LogP contribution in [0.4, 0.5) is 14.5 Å². The van der Waals surface area contributed by atoms with Crippen LogP contribution in [0, 0.1) is 18.6 Å². The van der Waals surface area contributed by atoms with E-state index in [1.807, 2.05) is 0 Å². The number of nitrogens with zero attached hydrogens (tertiary/aromatic N) is 2. The van der Waals surface area contributed by atoms with Crippen LogP contribution in [-0.4, -0.2) is 20.7 Å². The maximum atomic E-state index is 14.0. The van der Waals surface area contributed by atoms with E-state index >= 15 is 0 Å². The number of nitrogens with one attached hydrogen (secondary N) is 2. The fourth-order valence-electron chi connectivity index (χ4n) is 2.76. The highest BCUT2D eigenvalue weighted by atomic mass is 19.1. The van der Waals surface area contributed by atoms with Gasteiger partial charge >= 0.3 is 5.76 Å². The molecular weight excluding hydrogens is 358 g/mol. The minimum Gasteiger partial charge on any atom is -0.408 e. The minimum absolute atomic E-state index is 0.0327. The number of benzene rings is 2. The summed E-state index contributed by atoms with van der Waals surface area (Å²) in [5.74, 6) is -2.55. The van der Waals surface area contributed by atoms with Crippen LogP contribution in [0.2, 0.25) is 0 Å². The first-order valence-electron chi connectivity index (χ1n) is 7.86. The molecule has 0 aliphatic rings. The van der Waals surface area contributed by atoms with Crippen LogP contribution >= 0.6 is 0 Å². The van der Waals surface area contributed by atoms with Crippen molar-refractivity contribution in [3.05, 3.63) is 76.0 Å². The number of rotatable bonds is 3. The first-order chi connectivity index (χ1) is 12.9. The molecule has 136 valence electrons. The van der Waals surface area contributed by atoms with Gasteiger partial charge in [-0.2, -0.15) is 5.10 Å². The number of carbonyl (C=O) groups is 1. The SMILES string of the molecule is Cc1c(C(=O)Nc2ccc3oc(=O)[nH]c3c2)cnn1-c1ccc(F)cc1F. The van der Waals surface area contributed by atoms with Crippen LogP contribution in [0.25, 0.3) is 16.8 Å². The standard InChI is InChI=1S/C18H12F2N4O3/c1-9-12(8-21-24(9)15-4-2-10(19)6-13(15)20)17(25)22-11-3-5-16-14(7-11)23-18(26)27-16/h2-8H,1H3,(H,22,25)(H,23,26). The molecule has 2 aromatic carbocycles. The van der Waals surface area contributed by atoms with E-state index in [0.717, 1.165) is 12.1 Å². The van der Waals surface area contributed by atoms with Gasteiger partial charge in [0.2, 0.25) is 0 Å². The van der Waals surface area contributed by atoms with Gasteiger partial charge in [-0.05, 0) is 37.3 Å².